The van der Waals surface area contributed by atoms with E-state index in [1.165, 1.54) is 18.3 Å². The lowest BCUT2D eigenvalue weighted by Crippen LogP contribution is -2.25. The normalized spacial score (nSPS) is 12.4. The van der Waals surface area contributed by atoms with Crippen molar-refractivity contribution in [2.75, 3.05) is 11.1 Å². The van der Waals surface area contributed by atoms with Gasteiger partial charge in [0, 0.05) is 5.69 Å². The molecule has 9 heteroatoms. The molecule has 0 radical (unpaired) electrons. The molecule has 3 rings (SSSR count). The van der Waals surface area contributed by atoms with Gasteiger partial charge in [-0.3, -0.25) is 4.79 Å². The van der Waals surface area contributed by atoms with Crippen LogP contribution in [0.2, 0.25) is 0 Å². The zero-order chi connectivity index (χ0) is 22.6. The lowest BCUT2D eigenvalue weighted by molar-refractivity contribution is -0.115. The minimum absolute atomic E-state index is 0.116. The van der Waals surface area contributed by atoms with Crippen molar-refractivity contribution in [1.82, 2.24) is 9.97 Å². The number of nitrogens with one attached hydrogen (secondary N) is 1. The molecule has 1 aromatic heterocycles. The lowest BCUT2D eigenvalue weighted by Gasteiger charge is -2.16. The molecule has 1 amide bonds. The Hall–Kier alpha value is -2.91. The summed E-state index contributed by atoms with van der Waals surface area (Å²) in [7, 11) is -3.82. The number of amides is 1. The number of rotatable bonds is 7. The van der Waals surface area contributed by atoms with Crippen LogP contribution >= 0.6 is 11.8 Å². The van der Waals surface area contributed by atoms with Crippen LogP contribution in [0.25, 0.3) is 0 Å². The highest BCUT2D eigenvalue weighted by molar-refractivity contribution is 8.00. The average Bonchev–Trinajstić information content (AvgIpc) is 2.75. The molecule has 0 fully saturated rings. The van der Waals surface area contributed by atoms with Crippen LogP contribution in [0.5, 0.6) is 0 Å². The third kappa shape index (κ3) is 5.23. The molecule has 1 atom stereocenters. The Bertz CT molecular complexity index is 1200. The molecule has 3 N–H and O–H groups in total. The van der Waals surface area contributed by atoms with Crippen molar-refractivity contribution in [3.63, 3.8) is 0 Å². The van der Waals surface area contributed by atoms with Crippen LogP contribution in [0.4, 0.5) is 11.5 Å². The molecule has 0 unspecified atom stereocenters. The number of carbonyl (C=O) groups is 1. The van der Waals surface area contributed by atoms with E-state index in [-0.39, 0.29) is 26.7 Å². The minimum atomic E-state index is -3.82. The number of thioether (sulfide) groups is 1. The molecule has 0 saturated carbocycles. The van der Waals surface area contributed by atoms with Gasteiger partial charge >= 0.3 is 0 Å². The van der Waals surface area contributed by atoms with Gasteiger partial charge in [0.1, 0.15) is 10.7 Å². The van der Waals surface area contributed by atoms with Crippen molar-refractivity contribution in [3.05, 3.63) is 65.9 Å². The van der Waals surface area contributed by atoms with Crippen LogP contribution < -0.4 is 11.1 Å². The second-order valence-corrected chi connectivity index (χ2v) is 10.1. The van der Waals surface area contributed by atoms with Gasteiger partial charge < -0.3 is 11.1 Å². The van der Waals surface area contributed by atoms with Crippen LogP contribution in [0, 0.1) is 13.8 Å². The molecule has 0 aliphatic carbocycles. The molecule has 1 heterocycles. The topological polar surface area (TPSA) is 115 Å². The fraction of sp³-hybridized carbons (Fsp3) is 0.227. The second kappa shape index (κ2) is 9.49. The van der Waals surface area contributed by atoms with Crippen molar-refractivity contribution < 1.29 is 13.2 Å². The van der Waals surface area contributed by atoms with Gasteiger partial charge in [0.15, 0.2) is 5.16 Å². The van der Waals surface area contributed by atoms with Gasteiger partial charge in [0.25, 0.3) is 0 Å². The summed E-state index contributed by atoms with van der Waals surface area (Å²) in [6.45, 7) is 5.78. The largest absolute Gasteiger partial charge is 0.382 e. The second-order valence-electron chi connectivity index (χ2n) is 7.04. The Morgan fingerprint density at radius 1 is 1.16 bits per heavy atom. The Morgan fingerprint density at radius 3 is 2.52 bits per heavy atom. The molecule has 0 aliphatic heterocycles. The Balaban J connectivity index is 1.79. The highest BCUT2D eigenvalue weighted by Crippen LogP contribution is 2.29. The number of sulfone groups is 1. The first-order valence-corrected chi connectivity index (χ1v) is 12.1. The van der Waals surface area contributed by atoms with Gasteiger partial charge in [-0.2, -0.15) is 0 Å². The van der Waals surface area contributed by atoms with Crippen molar-refractivity contribution in [1.29, 1.82) is 0 Å². The smallest absolute Gasteiger partial charge is 0.237 e. The summed E-state index contributed by atoms with van der Waals surface area (Å²) in [5.41, 5.74) is 8.73. The van der Waals surface area contributed by atoms with Crippen molar-refractivity contribution >= 4 is 39.0 Å². The number of benzene rings is 2. The number of aryl methyl sites for hydroxylation is 2. The number of nitrogens with two attached hydrogens (primary N) is 1. The summed E-state index contributed by atoms with van der Waals surface area (Å²) in [4.78, 5) is 21.0. The third-order valence-corrected chi connectivity index (χ3v) is 7.69. The molecule has 162 valence electrons. The van der Waals surface area contributed by atoms with E-state index in [1.54, 1.807) is 18.2 Å². The molecule has 0 aliphatic rings. The maximum Gasteiger partial charge on any atom is 0.237 e. The highest BCUT2D eigenvalue weighted by Gasteiger charge is 2.24. The summed E-state index contributed by atoms with van der Waals surface area (Å²) >= 11 is 1.15. The van der Waals surface area contributed by atoms with E-state index >= 15 is 0 Å². The molecule has 0 bridgehead atoms. The standard InChI is InChI=1S/C22H24N4O3S2/c1-4-18(21(27)25-17-12-14(2)10-11-15(17)3)30-22-24-13-19(20(23)26-22)31(28,29)16-8-6-5-7-9-16/h5-13,18H,4H2,1-3H3,(H,25,27)(H2,23,24,26)/t18-/m1/s1. The number of nitrogen functional groups attached to an aromatic ring is 1. The molecule has 2 aromatic carbocycles. The molecule has 31 heavy (non-hydrogen) atoms. The van der Waals surface area contributed by atoms with Gasteiger partial charge in [-0.1, -0.05) is 49.0 Å². The predicted octanol–water partition coefficient (Wildman–Crippen LogP) is 4.02. The minimum Gasteiger partial charge on any atom is -0.382 e. The van der Waals surface area contributed by atoms with Gasteiger partial charge in [-0.05, 0) is 49.6 Å². The third-order valence-electron chi connectivity index (χ3n) is 4.67. The fourth-order valence-electron chi connectivity index (χ4n) is 2.89. The Morgan fingerprint density at radius 2 is 1.87 bits per heavy atom. The number of nitrogens with zero attached hydrogens (tertiary/aromatic N) is 2. The van der Waals surface area contributed by atoms with E-state index in [0.717, 1.165) is 28.6 Å². The quantitative estimate of drug-likeness (QED) is 0.407. The maximum atomic E-state index is 12.8. The van der Waals surface area contributed by atoms with Crippen LogP contribution in [0.3, 0.4) is 0 Å². The molecular formula is C22H24N4O3S2. The zero-order valence-electron chi connectivity index (χ0n) is 17.5. The first-order chi connectivity index (χ1) is 14.7. The summed E-state index contributed by atoms with van der Waals surface area (Å²) in [6, 6.07) is 13.8. The highest BCUT2D eigenvalue weighted by atomic mass is 32.2. The summed E-state index contributed by atoms with van der Waals surface area (Å²) < 4.78 is 25.6. The van der Waals surface area contributed by atoms with Gasteiger partial charge in [0.05, 0.1) is 16.3 Å². The SMILES string of the molecule is CC[C@@H](Sc1ncc(S(=O)(=O)c2ccccc2)c(N)n1)C(=O)Nc1cc(C)ccc1C. The van der Waals surface area contributed by atoms with Crippen molar-refractivity contribution in [3.8, 4) is 0 Å². The van der Waals surface area contributed by atoms with Gasteiger partial charge in [-0.15, -0.1) is 0 Å². The van der Waals surface area contributed by atoms with E-state index in [0.29, 0.717) is 6.42 Å². The summed E-state index contributed by atoms with van der Waals surface area (Å²) in [6.07, 6.45) is 1.73. The first-order valence-electron chi connectivity index (χ1n) is 9.69. The summed E-state index contributed by atoms with van der Waals surface area (Å²) in [5.74, 6) is -0.324. The van der Waals surface area contributed by atoms with E-state index < -0.39 is 15.1 Å². The number of hydrogen-bond acceptors (Lipinski definition) is 7. The monoisotopic (exact) mass is 456 g/mol. The van der Waals surface area contributed by atoms with E-state index in [4.69, 9.17) is 5.73 Å². The van der Waals surface area contributed by atoms with E-state index in [9.17, 15) is 13.2 Å². The fourth-order valence-corrected chi connectivity index (χ4v) is 5.02. The van der Waals surface area contributed by atoms with Crippen LogP contribution in [0.1, 0.15) is 24.5 Å². The molecular weight excluding hydrogens is 432 g/mol. The number of carbonyl (C=O) groups excluding carboxylic acids is 1. The number of anilines is 2. The zero-order valence-corrected chi connectivity index (χ0v) is 19.1. The molecule has 0 spiro atoms. The van der Waals surface area contributed by atoms with Gasteiger partial charge in [-0.25, -0.2) is 18.4 Å². The maximum absolute atomic E-state index is 12.8. The average molecular weight is 457 g/mol. The molecule has 3 aromatic rings. The first kappa shape index (κ1) is 22.8. The van der Waals surface area contributed by atoms with E-state index in [1.807, 2.05) is 39.0 Å². The van der Waals surface area contributed by atoms with Crippen LogP contribution in [-0.4, -0.2) is 29.5 Å². The van der Waals surface area contributed by atoms with Crippen LogP contribution in [0.15, 0.2) is 69.7 Å². The number of aromatic nitrogens is 2. The van der Waals surface area contributed by atoms with E-state index in [2.05, 4.69) is 15.3 Å². The summed E-state index contributed by atoms with van der Waals surface area (Å²) in [5, 5.41) is 2.73. The van der Waals surface area contributed by atoms with Crippen LogP contribution in [-0.2, 0) is 14.6 Å². The van der Waals surface area contributed by atoms with Gasteiger partial charge in [0.2, 0.25) is 15.7 Å². The Kier molecular flexibility index (Phi) is 6.97. The Labute approximate surface area is 186 Å². The lowest BCUT2D eigenvalue weighted by atomic mass is 10.1. The van der Waals surface area contributed by atoms with Crippen molar-refractivity contribution in [2.24, 2.45) is 0 Å². The molecule has 0 saturated heterocycles. The number of hydrogen-bond donors (Lipinski definition) is 2. The molecule has 7 nitrogen and oxygen atoms in total. The van der Waals surface area contributed by atoms with Crippen molar-refractivity contribution in [2.45, 2.75) is 47.4 Å². The predicted molar refractivity (Wildman–Crippen MR) is 123 cm³/mol.